The third-order valence-corrected chi connectivity index (χ3v) is 1.68. The molecule has 0 bridgehead atoms. The molecule has 0 radical (unpaired) electrons. The first kappa shape index (κ1) is 11.7. The SMILES string of the molecule is C=CCC(C)NCCCOCC. The van der Waals surface area contributed by atoms with Gasteiger partial charge in [0.05, 0.1) is 0 Å². The Hall–Kier alpha value is -0.340. The van der Waals surface area contributed by atoms with Crippen LogP contribution in [-0.4, -0.2) is 25.8 Å². The first-order chi connectivity index (χ1) is 5.81. The van der Waals surface area contributed by atoms with Gasteiger partial charge >= 0.3 is 0 Å². The fourth-order valence-corrected chi connectivity index (χ4v) is 1.00. The molecule has 0 saturated carbocycles. The Morgan fingerprint density at radius 3 is 2.92 bits per heavy atom. The van der Waals surface area contributed by atoms with Crippen molar-refractivity contribution in [3.63, 3.8) is 0 Å². The molecule has 2 heteroatoms. The first-order valence-electron chi connectivity index (χ1n) is 4.73. The normalized spacial score (nSPS) is 12.8. The average molecular weight is 171 g/mol. The van der Waals surface area contributed by atoms with Crippen molar-refractivity contribution in [1.82, 2.24) is 5.32 Å². The molecule has 0 rings (SSSR count). The summed E-state index contributed by atoms with van der Waals surface area (Å²) >= 11 is 0. The quantitative estimate of drug-likeness (QED) is 0.445. The van der Waals surface area contributed by atoms with E-state index in [2.05, 4.69) is 18.8 Å². The molecule has 1 atom stereocenters. The molecule has 0 fully saturated rings. The van der Waals surface area contributed by atoms with Crippen molar-refractivity contribution in [2.24, 2.45) is 0 Å². The summed E-state index contributed by atoms with van der Waals surface area (Å²) in [7, 11) is 0. The van der Waals surface area contributed by atoms with Gasteiger partial charge in [-0.2, -0.15) is 0 Å². The van der Waals surface area contributed by atoms with Gasteiger partial charge in [-0.3, -0.25) is 0 Å². The van der Waals surface area contributed by atoms with Crippen molar-refractivity contribution in [2.45, 2.75) is 32.7 Å². The van der Waals surface area contributed by atoms with E-state index in [1.54, 1.807) is 0 Å². The molecule has 0 saturated heterocycles. The molecule has 0 heterocycles. The second-order valence-electron chi connectivity index (χ2n) is 2.93. The molecule has 0 aromatic heterocycles. The van der Waals surface area contributed by atoms with Crippen LogP contribution in [0.4, 0.5) is 0 Å². The van der Waals surface area contributed by atoms with Crippen molar-refractivity contribution in [3.05, 3.63) is 12.7 Å². The highest BCUT2D eigenvalue weighted by atomic mass is 16.5. The van der Waals surface area contributed by atoms with Gasteiger partial charge in [0.2, 0.25) is 0 Å². The number of rotatable bonds is 8. The number of hydrogen-bond acceptors (Lipinski definition) is 2. The molecule has 1 unspecified atom stereocenters. The smallest absolute Gasteiger partial charge is 0.0477 e. The first-order valence-corrected chi connectivity index (χ1v) is 4.73. The van der Waals surface area contributed by atoms with Crippen molar-refractivity contribution >= 4 is 0 Å². The molecule has 0 amide bonds. The Kier molecular flexibility index (Phi) is 8.51. The molecule has 1 N–H and O–H groups in total. The van der Waals surface area contributed by atoms with Crippen LogP contribution in [0.2, 0.25) is 0 Å². The van der Waals surface area contributed by atoms with Gasteiger partial charge < -0.3 is 10.1 Å². The van der Waals surface area contributed by atoms with Gasteiger partial charge in [0.1, 0.15) is 0 Å². The van der Waals surface area contributed by atoms with Gasteiger partial charge in [-0.05, 0) is 33.2 Å². The van der Waals surface area contributed by atoms with E-state index in [9.17, 15) is 0 Å². The minimum absolute atomic E-state index is 0.545. The minimum Gasteiger partial charge on any atom is -0.382 e. The fraction of sp³-hybridized carbons (Fsp3) is 0.800. The van der Waals surface area contributed by atoms with Crippen LogP contribution in [0.25, 0.3) is 0 Å². The monoisotopic (exact) mass is 171 g/mol. The predicted octanol–water partition coefficient (Wildman–Crippen LogP) is 1.97. The summed E-state index contributed by atoms with van der Waals surface area (Å²) in [6, 6.07) is 0.545. The standard InChI is InChI=1S/C10H21NO/c1-4-7-10(3)11-8-6-9-12-5-2/h4,10-11H,1,5-9H2,2-3H3. The van der Waals surface area contributed by atoms with Gasteiger partial charge in [0.25, 0.3) is 0 Å². The summed E-state index contributed by atoms with van der Waals surface area (Å²) in [5, 5.41) is 3.39. The molecular formula is C10H21NO. The van der Waals surface area contributed by atoms with Crippen molar-refractivity contribution in [1.29, 1.82) is 0 Å². The van der Waals surface area contributed by atoms with Crippen LogP contribution in [0.15, 0.2) is 12.7 Å². The van der Waals surface area contributed by atoms with Crippen LogP contribution in [0.3, 0.4) is 0 Å². The van der Waals surface area contributed by atoms with Crippen LogP contribution >= 0.6 is 0 Å². The van der Waals surface area contributed by atoms with E-state index in [4.69, 9.17) is 4.74 Å². The van der Waals surface area contributed by atoms with Crippen LogP contribution in [0.1, 0.15) is 26.7 Å². The lowest BCUT2D eigenvalue weighted by Gasteiger charge is -2.10. The zero-order valence-electron chi connectivity index (χ0n) is 8.31. The molecule has 0 aliphatic heterocycles. The van der Waals surface area contributed by atoms with E-state index in [0.29, 0.717) is 6.04 Å². The molecule has 2 nitrogen and oxygen atoms in total. The lowest BCUT2D eigenvalue weighted by atomic mass is 10.2. The molecule has 0 aromatic rings. The van der Waals surface area contributed by atoms with E-state index in [1.165, 1.54) is 0 Å². The summed E-state index contributed by atoms with van der Waals surface area (Å²) in [4.78, 5) is 0. The fourth-order valence-electron chi connectivity index (χ4n) is 1.00. The number of ether oxygens (including phenoxy) is 1. The van der Waals surface area contributed by atoms with E-state index >= 15 is 0 Å². The van der Waals surface area contributed by atoms with E-state index < -0.39 is 0 Å². The summed E-state index contributed by atoms with van der Waals surface area (Å²) in [6.07, 6.45) is 4.07. The van der Waals surface area contributed by atoms with Crippen molar-refractivity contribution in [2.75, 3.05) is 19.8 Å². The second kappa shape index (κ2) is 8.75. The lowest BCUT2D eigenvalue weighted by molar-refractivity contribution is 0.144. The van der Waals surface area contributed by atoms with Crippen LogP contribution < -0.4 is 5.32 Å². The van der Waals surface area contributed by atoms with Crippen LogP contribution in [0.5, 0.6) is 0 Å². The minimum atomic E-state index is 0.545. The number of nitrogens with one attached hydrogen (secondary N) is 1. The highest BCUT2D eigenvalue weighted by Crippen LogP contribution is 1.90. The maximum atomic E-state index is 5.22. The largest absolute Gasteiger partial charge is 0.382 e. The Morgan fingerprint density at radius 1 is 1.58 bits per heavy atom. The Morgan fingerprint density at radius 2 is 2.33 bits per heavy atom. The maximum Gasteiger partial charge on any atom is 0.0477 e. The molecular weight excluding hydrogens is 150 g/mol. The van der Waals surface area contributed by atoms with Gasteiger partial charge in [-0.15, -0.1) is 6.58 Å². The van der Waals surface area contributed by atoms with Gasteiger partial charge in [0, 0.05) is 19.3 Å². The van der Waals surface area contributed by atoms with Crippen LogP contribution in [-0.2, 0) is 4.74 Å². The van der Waals surface area contributed by atoms with Crippen molar-refractivity contribution < 1.29 is 4.74 Å². The predicted molar refractivity (Wildman–Crippen MR) is 53.4 cm³/mol. The van der Waals surface area contributed by atoms with E-state index in [1.807, 2.05) is 13.0 Å². The topological polar surface area (TPSA) is 21.3 Å². The lowest BCUT2D eigenvalue weighted by Crippen LogP contribution is -2.27. The maximum absolute atomic E-state index is 5.22. The molecule has 0 aliphatic rings. The second-order valence-corrected chi connectivity index (χ2v) is 2.93. The van der Waals surface area contributed by atoms with E-state index in [-0.39, 0.29) is 0 Å². The van der Waals surface area contributed by atoms with Crippen LogP contribution in [0, 0.1) is 0 Å². The third-order valence-electron chi connectivity index (χ3n) is 1.68. The molecule has 12 heavy (non-hydrogen) atoms. The Balaban J connectivity index is 3.02. The van der Waals surface area contributed by atoms with Gasteiger partial charge in [0.15, 0.2) is 0 Å². The van der Waals surface area contributed by atoms with Gasteiger partial charge in [-0.1, -0.05) is 6.08 Å². The van der Waals surface area contributed by atoms with Gasteiger partial charge in [-0.25, -0.2) is 0 Å². The van der Waals surface area contributed by atoms with E-state index in [0.717, 1.165) is 32.6 Å². The molecule has 0 aromatic carbocycles. The third kappa shape index (κ3) is 7.76. The summed E-state index contributed by atoms with van der Waals surface area (Å²) in [6.45, 7) is 10.6. The zero-order valence-corrected chi connectivity index (χ0v) is 8.31. The summed E-state index contributed by atoms with van der Waals surface area (Å²) in [5.41, 5.74) is 0. The highest BCUT2D eigenvalue weighted by molar-refractivity contribution is 4.74. The molecule has 0 aliphatic carbocycles. The van der Waals surface area contributed by atoms with Crippen molar-refractivity contribution in [3.8, 4) is 0 Å². The Labute approximate surface area is 76.0 Å². The number of hydrogen-bond donors (Lipinski definition) is 1. The summed E-state index contributed by atoms with van der Waals surface area (Å²) < 4.78 is 5.22. The Bertz CT molecular complexity index is 104. The zero-order chi connectivity index (χ0) is 9.23. The average Bonchev–Trinajstić information content (AvgIpc) is 2.05. The molecule has 0 spiro atoms. The summed E-state index contributed by atoms with van der Waals surface area (Å²) in [5.74, 6) is 0. The highest BCUT2D eigenvalue weighted by Gasteiger charge is 1.96. The molecule has 72 valence electrons.